The SMILES string of the molecule is N#C/C=C/[C@@H](Cc1ccccc1)c1ccccc1. The van der Waals surface area contributed by atoms with Crippen LogP contribution in [0.15, 0.2) is 72.8 Å². The van der Waals surface area contributed by atoms with E-state index >= 15 is 0 Å². The molecule has 1 heteroatoms. The van der Waals surface area contributed by atoms with Crippen LogP contribution < -0.4 is 0 Å². The van der Waals surface area contributed by atoms with E-state index in [0.29, 0.717) is 0 Å². The molecule has 0 saturated carbocycles. The van der Waals surface area contributed by atoms with Gasteiger partial charge in [-0.05, 0) is 17.5 Å². The molecule has 0 aliphatic carbocycles. The van der Waals surface area contributed by atoms with Crippen molar-refractivity contribution in [1.82, 2.24) is 0 Å². The van der Waals surface area contributed by atoms with E-state index in [1.165, 1.54) is 11.1 Å². The van der Waals surface area contributed by atoms with Gasteiger partial charge >= 0.3 is 0 Å². The van der Waals surface area contributed by atoms with Gasteiger partial charge in [-0.3, -0.25) is 0 Å². The molecule has 2 aromatic carbocycles. The number of hydrogen-bond acceptors (Lipinski definition) is 1. The van der Waals surface area contributed by atoms with Crippen LogP contribution in [0, 0.1) is 11.3 Å². The van der Waals surface area contributed by atoms with Crippen molar-refractivity contribution in [3.8, 4) is 6.07 Å². The van der Waals surface area contributed by atoms with Crippen molar-refractivity contribution >= 4 is 0 Å². The highest BCUT2D eigenvalue weighted by molar-refractivity contribution is 5.29. The second kappa shape index (κ2) is 6.42. The van der Waals surface area contributed by atoms with Crippen LogP contribution in [0.1, 0.15) is 17.0 Å². The second-order valence-electron chi connectivity index (χ2n) is 4.20. The van der Waals surface area contributed by atoms with Crippen molar-refractivity contribution in [3.05, 3.63) is 83.9 Å². The van der Waals surface area contributed by atoms with E-state index in [2.05, 4.69) is 30.3 Å². The van der Waals surface area contributed by atoms with Gasteiger partial charge in [0.2, 0.25) is 0 Å². The van der Waals surface area contributed by atoms with E-state index in [1.807, 2.05) is 42.5 Å². The van der Waals surface area contributed by atoms with Crippen LogP contribution in [-0.4, -0.2) is 0 Å². The summed E-state index contributed by atoms with van der Waals surface area (Å²) in [6.45, 7) is 0. The van der Waals surface area contributed by atoms with Gasteiger partial charge in [-0.2, -0.15) is 5.26 Å². The molecule has 0 aliphatic heterocycles. The van der Waals surface area contributed by atoms with Crippen molar-refractivity contribution in [3.63, 3.8) is 0 Å². The van der Waals surface area contributed by atoms with Crippen molar-refractivity contribution in [2.45, 2.75) is 12.3 Å². The predicted octanol–water partition coefficient (Wildman–Crippen LogP) is 4.09. The number of nitriles is 1. The number of hydrogen-bond donors (Lipinski definition) is 0. The zero-order valence-electron chi connectivity index (χ0n) is 10.2. The molecule has 0 saturated heterocycles. The van der Waals surface area contributed by atoms with Crippen molar-refractivity contribution in [2.24, 2.45) is 0 Å². The summed E-state index contributed by atoms with van der Waals surface area (Å²) in [7, 11) is 0. The van der Waals surface area contributed by atoms with Gasteiger partial charge in [0, 0.05) is 12.0 Å². The third-order valence-corrected chi connectivity index (χ3v) is 2.93. The second-order valence-corrected chi connectivity index (χ2v) is 4.20. The molecule has 0 amide bonds. The Hall–Kier alpha value is -2.33. The predicted molar refractivity (Wildman–Crippen MR) is 74.1 cm³/mol. The molecule has 1 atom stereocenters. The fourth-order valence-corrected chi connectivity index (χ4v) is 2.02. The van der Waals surface area contributed by atoms with E-state index in [-0.39, 0.29) is 5.92 Å². The molecule has 0 fully saturated rings. The topological polar surface area (TPSA) is 23.8 Å². The van der Waals surface area contributed by atoms with Crippen molar-refractivity contribution in [1.29, 1.82) is 5.26 Å². The molecule has 0 radical (unpaired) electrons. The van der Waals surface area contributed by atoms with Crippen molar-refractivity contribution < 1.29 is 0 Å². The zero-order valence-corrected chi connectivity index (χ0v) is 10.2. The van der Waals surface area contributed by atoms with Crippen LogP contribution in [0.2, 0.25) is 0 Å². The summed E-state index contributed by atoms with van der Waals surface area (Å²) in [5, 5.41) is 8.69. The normalized spacial score (nSPS) is 12.2. The molecule has 18 heavy (non-hydrogen) atoms. The molecular weight excluding hydrogens is 218 g/mol. The summed E-state index contributed by atoms with van der Waals surface area (Å²) >= 11 is 0. The maximum absolute atomic E-state index is 8.69. The Morgan fingerprint density at radius 1 is 0.944 bits per heavy atom. The third-order valence-electron chi connectivity index (χ3n) is 2.93. The highest BCUT2D eigenvalue weighted by Gasteiger charge is 2.08. The Kier molecular flexibility index (Phi) is 4.33. The van der Waals surface area contributed by atoms with Gasteiger partial charge in [-0.25, -0.2) is 0 Å². The van der Waals surface area contributed by atoms with E-state index in [4.69, 9.17) is 5.26 Å². The van der Waals surface area contributed by atoms with E-state index in [0.717, 1.165) is 6.42 Å². The maximum Gasteiger partial charge on any atom is 0.0908 e. The van der Waals surface area contributed by atoms with Crippen LogP contribution in [-0.2, 0) is 6.42 Å². The van der Waals surface area contributed by atoms with Gasteiger partial charge in [0.25, 0.3) is 0 Å². The lowest BCUT2D eigenvalue weighted by Crippen LogP contribution is -1.99. The highest BCUT2D eigenvalue weighted by Crippen LogP contribution is 2.22. The summed E-state index contributed by atoms with van der Waals surface area (Å²) in [6, 6.07) is 22.7. The summed E-state index contributed by atoms with van der Waals surface area (Å²) in [5.41, 5.74) is 2.53. The van der Waals surface area contributed by atoms with Gasteiger partial charge < -0.3 is 0 Å². The molecule has 0 bridgehead atoms. The molecule has 0 aliphatic rings. The van der Waals surface area contributed by atoms with Crippen LogP contribution in [0.25, 0.3) is 0 Å². The Bertz CT molecular complexity index is 535. The lowest BCUT2D eigenvalue weighted by molar-refractivity contribution is 0.836. The molecule has 88 valence electrons. The number of benzene rings is 2. The minimum absolute atomic E-state index is 0.258. The average Bonchev–Trinajstić information content (AvgIpc) is 2.45. The molecule has 1 nitrogen and oxygen atoms in total. The van der Waals surface area contributed by atoms with Gasteiger partial charge in [-0.1, -0.05) is 66.7 Å². The largest absolute Gasteiger partial charge is 0.193 e. The lowest BCUT2D eigenvalue weighted by atomic mass is 9.92. The Labute approximate surface area is 108 Å². The number of nitrogens with zero attached hydrogens (tertiary/aromatic N) is 1. The fraction of sp³-hybridized carbons (Fsp3) is 0.118. The first-order valence-corrected chi connectivity index (χ1v) is 6.05. The quantitative estimate of drug-likeness (QED) is 0.729. The standard InChI is InChI=1S/C17H15N/c18-13-7-12-17(16-10-5-2-6-11-16)14-15-8-3-1-4-9-15/h1-12,17H,14H2/b12-7+/t17-/m0/s1. The first-order valence-electron chi connectivity index (χ1n) is 6.05. The Morgan fingerprint density at radius 2 is 1.56 bits per heavy atom. The first kappa shape index (κ1) is 12.1. The van der Waals surface area contributed by atoms with Crippen LogP contribution in [0.4, 0.5) is 0 Å². The Balaban J connectivity index is 2.22. The summed E-state index contributed by atoms with van der Waals surface area (Å²) in [6.07, 6.45) is 4.46. The smallest absolute Gasteiger partial charge is 0.0908 e. The van der Waals surface area contributed by atoms with E-state index in [1.54, 1.807) is 6.08 Å². The van der Waals surface area contributed by atoms with E-state index < -0.39 is 0 Å². The van der Waals surface area contributed by atoms with Gasteiger partial charge in [0.1, 0.15) is 0 Å². The van der Waals surface area contributed by atoms with Gasteiger partial charge in [0.15, 0.2) is 0 Å². The monoisotopic (exact) mass is 233 g/mol. The molecule has 0 spiro atoms. The number of rotatable bonds is 4. The Morgan fingerprint density at radius 3 is 2.17 bits per heavy atom. The summed E-state index contributed by atoms with van der Waals surface area (Å²) in [4.78, 5) is 0. The first-order chi connectivity index (χ1) is 8.90. The lowest BCUT2D eigenvalue weighted by Gasteiger charge is -2.13. The minimum Gasteiger partial charge on any atom is -0.193 e. The molecule has 0 N–H and O–H groups in total. The average molecular weight is 233 g/mol. The fourth-order valence-electron chi connectivity index (χ4n) is 2.02. The third kappa shape index (κ3) is 3.33. The number of allylic oxidation sites excluding steroid dienone is 2. The maximum atomic E-state index is 8.69. The van der Waals surface area contributed by atoms with Crippen LogP contribution in [0.5, 0.6) is 0 Å². The molecule has 0 unspecified atom stereocenters. The molecule has 2 rings (SSSR count). The van der Waals surface area contributed by atoms with Crippen LogP contribution in [0.3, 0.4) is 0 Å². The van der Waals surface area contributed by atoms with Crippen molar-refractivity contribution in [2.75, 3.05) is 0 Å². The van der Waals surface area contributed by atoms with Crippen LogP contribution >= 0.6 is 0 Å². The highest BCUT2D eigenvalue weighted by atomic mass is 14.2. The summed E-state index contributed by atoms with van der Waals surface area (Å²) < 4.78 is 0. The zero-order chi connectivity index (χ0) is 12.6. The molecule has 2 aromatic rings. The van der Waals surface area contributed by atoms with Gasteiger partial charge in [-0.15, -0.1) is 0 Å². The van der Waals surface area contributed by atoms with E-state index in [9.17, 15) is 0 Å². The minimum atomic E-state index is 0.258. The van der Waals surface area contributed by atoms with Gasteiger partial charge in [0.05, 0.1) is 6.07 Å². The molecule has 0 heterocycles. The molecule has 0 aromatic heterocycles. The summed E-state index contributed by atoms with van der Waals surface area (Å²) in [5.74, 6) is 0.258. The molecular formula is C17H15N.